The lowest BCUT2D eigenvalue weighted by Crippen LogP contribution is -2.33. The Morgan fingerprint density at radius 1 is 1.22 bits per heavy atom. The Bertz CT molecular complexity index is 685. The Hall–Kier alpha value is -1.89. The standard InChI is InChI=1S/C16H24N4O2S/c1-8(2)15-17-10(4)14(23-15)11(5)20(7)16(21)18-13-9(3)19-22-12(13)6/h8,11H,1-7H3,(H,18,21). The van der Waals surface area contributed by atoms with Gasteiger partial charge in [-0.3, -0.25) is 0 Å². The second-order valence-corrected chi connectivity index (χ2v) is 7.13. The Balaban J connectivity index is 2.16. The average Bonchev–Trinajstić information content (AvgIpc) is 3.03. The van der Waals surface area contributed by atoms with Crippen LogP contribution in [0.4, 0.5) is 10.5 Å². The molecule has 0 aliphatic rings. The maximum Gasteiger partial charge on any atom is 0.322 e. The van der Waals surface area contributed by atoms with E-state index in [-0.39, 0.29) is 12.1 Å². The van der Waals surface area contributed by atoms with Gasteiger partial charge in [-0.15, -0.1) is 11.3 Å². The molecule has 0 saturated heterocycles. The van der Waals surface area contributed by atoms with Crippen molar-refractivity contribution in [3.63, 3.8) is 0 Å². The molecule has 0 fully saturated rings. The minimum absolute atomic E-state index is 0.0551. The third kappa shape index (κ3) is 3.55. The van der Waals surface area contributed by atoms with Crippen molar-refractivity contribution in [2.75, 3.05) is 12.4 Å². The highest BCUT2D eigenvalue weighted by Gasteiger charge is 2.24. The van der Waals surface area contributed by atoms with E-state index in [1.165, 1.54) is 0 Å². The lowest BCUT2D eigenvalue weighted by molar-refractivity contribution is 0.209. The van der Waals surface area contributed by atoms with Gasteiger partial charge in [0.1, 0.15) is 11.4 Å². The van der Waals surface area contributed by atoms with Gasteiger partial charge in [0.25, 0.3) is 0 Å². The number of anilines is 1. The lowest BCUT2D eigenvalue weighted by Gasteiger charge is -2.24. The van der Waals surface area contributed by atoms with Crippen LogP contribution in [0.25, 0.3) is 0 Å². The van der Waals surface area contributed by atoms with Crippen LogP contribution in [-0.4, -0.2) is 28.1 Å². The number of nitrogens with zero attached hydrogens (tertiary/aromatic N) is 3. The van der Waals surface area contributed by atoms with Crippen LogP contribution in [0.2, 0.25) is 0 Å². The summed E-state index contributed by atoms with van der Waals surface area (Å²) >= 11 is 1.67. The van der Waals surface area contributed by atoms with E-state index >= 15 is 0 Å². The molecule has 0 radical (unpaired) electrons. The van der Waals surface area contributed by atoms with Crippen LogP contribution in [0.1, 0.15) is 59.8 Å². The molecule has 1 unspecified atom stereocenters. The molecule has 2 rings (SSSR count). The topological polar surface area (TPSA) is 71.3 Å². The van der Waals surface area contributed by atoms with Crippen molar-refractivity contribution < 1.29 is 9.32 Å². The molecule has 7 heteroatoms. The van der Waals surface area contributed by atoms with Crippen molar-refractivity contribution >= 4 is 23.1 Å². The Morgan fingerprint density at radius 3 is 2.35 bits per heavy atom. The van der Waals surface area contributed by atoms with Crippen LogP contribution in [-0.2, 0) is 0 Å². The van der Waals surface area contributed by atoms with Crippen molar-refractivity contribution in [2.24, 2.45) is 0 Å². The summed E-state index contributed by atoms with van der Waals surface area (Å²) in [5, 5.41) is 7.83. The molecular weight excluding hydrogens is 312 g/mol. The van der Waals surface area contributed by atoms with Crippen LogP contribution < -0.4 is 5.32 Å². The van der Waals surface area contributed by atoms with Gasteiger partial charge in [0.2, 0.25) is 0 Å². The molecule has 0 saturated carbocycles. The molecule has 2 amide bonds. The molecule has 0 aromatic carbocycles. The summed E-state index contributed by atoms with van der Waals surface area (Å²) in [6.07, 6.45) is 0. The number of carbonyl (C=O) groups excluding carboxylic acids is 1. The number of aryl methyl sites for hydroxylation is 3. The number of carbonyl (C=O) groups is 1. The smallest absolute Gasteiger partial charge is 0.322 e. The lowest BCUT2D eigenvalue weighted by atomic mass is 10.2. The van der Waals surface area contributed by atoms with E-state index in [9.17, 15) is 4.79 Å². The zero-order valence-corrected chi connectivity index (χ0v) is 15.5. The summed E-state index contributed by atoms with van der Waals surface area (Å²) < 4.78 is 5.08. The van der Waals surface area contributed by atoms with E-state index in [1.807, 2.05) is 13.8 Å². The molecule has 1 atom stereocenters. The van der Waals surface area contributed by atoms with E-state index in [1.54, 1.807) is 37.1 Å². The second-order valence-electron chi connectivity index (χ2n) is 6.07. The van der Waals surface area contributed by atoms with E-state index in [0.717, 1.165) is 15.6 Å². The predicted octanol–water partition coefficient (Wildman–Crippen LogP) is 4.40. The monoisotopic (exact) mass is 336 g/mol. The number of amides is 2. The zero-order chi connectivity index (χ0) is 17.3. The van der Waals surface area contributed by atoms with Crippen molar-refractivity contribution in [1.82, 2.24) is 15.0 Å². The first-order chi connectivity index (χ1) is 10.7. The number of urea groups is 1. The summed E-state index contributed by atoms with van der Waals surface area (Å²) in [5.74, 6) is 0.994. The number of rotatable bonds is 4. The number of aromatic nitrogens is 2. The van der Waals surface area contributed by atoms with Gasteiger partial charge in [-0.1, -0.05) is 19.0 Å². The van der Waals surface area contributed by atoms with Crippen LogP contribution in [0.5, 0.6) is 0 Å². The molecular formula is C16H24N4O2S. The molecule has 126 valence electrons. The van der Waals surface area contributed by atoms with Gasteiger partial charge < -0.3 is 14.7 Å². The van der Waals surface area contributed by atoms with E-state index in [4.69, 9.17) is 4.52 Å². The van der Waals surface area contributed by atoms with Gasteiger partial charge in [0.05, 0.1) is 16.7 Å². The molecule has 0 aliphatic carbocycles. The van der Waals surface area contributed by atoms with Crippen LogP contribution in [0.15, 0.2) is 4.52 Å². The Morgan fingerprint density at radius 2 is 1.87 bits per heavy atom. The summed E-state index contributed by atoms with van der Waals surface area (Å²) in [7, 11) is 1.78. The molecule has 2 aromatic rings. The van der Waals surface area contributed by atoms with E-state index in [2.05, 4.69) is 29.3 Å². The Labute approximate surface area is 140 Å². The summed E-state index contributed by atoms with van der Waals surface area (Å²) in [5.41, 5.74) is 2.30. The summed E-state index contributed by atoms with van der Waals surface area (Å²) in [4.78, 5) is 19.9. The number of thiazole rings is 1. The predicted molar refractivity (Wildman–Crippen MR) is 92.1 cm³/mol. The minimum atomic E-state index is -0.189. The maximum atomic E-state index is 12.5. The number of nitrogens with one attached hydrogen (secondary N) is 1. The highest BCUT2D eigenvalue weighted by molar-refractivity contribution is 7.11. The van der Waals surface area contributed by atoms with Gasteiger partial charge in [-0.05, 0) is 27.7 Å². The molecule has 1 N–H and O–H groups in total. The first-order valence-corrected chi connectivity index (χ1v) is 8.47. The zero-order valence-electron chi connectivity index (χ0n) is 14.7. The normalized spacial score (nSPS) is 12.5. The van der Waals surface area contributed by atoms with Crippen molar-refractivity contribution in [3.8, 4) is 0 Å². The quantitative estimate of drug-likeness (QED) is 0.898. The van der Waals surface area contributed by atoms with Crippen molar-refractivity contribution in [3.05, 3.63) is 27.0 Å². The molecule has 0 spiro atoms. The molecule has 23 heavy (non-hydrogen) atoms. The number of hydrogen-bond acceptors (Lipinski definition) is 5. The fourth-order valence-electron chi connectivity index (χ4n) is 2.27. The van der Waals surface area contributed by atoms with Gasteiger partial charge in [-0.25, -0.2) is 9.78 Å². The van der Waals surface area contributed by atoms with Crippen LogP contribution in [0.3, 0.4) is 0 Å². The number of hydrogen-bond donors (Lipinski definition) is 1. The van der Waals surface area contributed by atoms with E-state index < -0.39 is 0 Å². The first kappa shape index (κ1) is 17.5. The fourth-order valence-corrected chi connectivity index (χ4v) is 3.44. The second kappa shape index (κ2) is 6.70. The summed E-state index contributed by atoms with van der Waals surface area (Å²) in [6.45, 7) is 11.8. The van der Waals surface area contributed by atoms with Gasteiger partial charge in [0, 0.05) is 17.8 Å². The molecule has 0 aliphatic heterocycles. The maximum absolute atomic E-state index is 12.5. The highest BCUT2D eigenvalue weighted by atomic mass is 32.1. The Kier molecular flexibility index (Phi) is 5.09. The van der Waals surface area contributed by atoms with Gasteiger partial charge in [0.15, 0.2) is 5.76 Å². The minimum Gasteiger partial charge on any atom is -0.359 e. The molecule has 0 bridgehead atoms. The van der Waals surface area contributed by atoms with Crippen molar-refractivity contribution in [1.29, 1.82) is 0 Å². The average molecular weight is 336 g/mol. The van der Waals surface area contributed by atoms with E-state index in [0.29, 0.717) is 23.1 Å². The van der Waals surface area contributed by atoms with Crippen LogP contribution in [0, 0.1) is 20.8 Å². The fraction of sp³-hybridized carbons (Fsp3) is 0.562. The SMILES string of the molecule is Cc1nc(C(C)C)sc1C(C)N(C)C(=O)Nc1c(C)noc1C. The first-order valence-electron chi connectivity index (χ1n) is 7.66. The van der Waals surface area contributed by atoms with Crippen molar-refractivity contribution in [2.45, 2.75) is 53.5 Å². The molecule has 6 nitrogen and oxygen atoms in total. The third-order valence-electron chi connectivity index (χ3n) is 3.89. The highest BCUT2D eigenvalue weighted by Crippen LogP contribution is 2.32. The summed E-state index contributed by atoms with van der Waals surface area (Å²) in [6, 6.07) is -0.244. The third-order valence-corrected chi connectivity index (χ3v) is 5.52. The van der Waals surface area contributed by atoms with Crippen LogP contribution >= 0.6 is 11.3 Å². The largest absolute Gasteiger partial charge is 0.359 e. The van der Waals surface area contributed by atoms with Gasteiger partial charge >= 0.3 is 6.03 Å². The molecule has 2 heterocycles. The molecule has 2 aromatic heterocycles. The van der Waals surface area contributed by atoms with Gasteiger partial charge in [-0.2, -0.15) is 0 Å².